The molecule has 0 unspecified atom stereocenters. The van der Waals surface area contributed by atoms with E-state index in [1.54, 1.807) is 12.1 Å². The lowest BCUT2D eigenvalue weighted by Crippen LogP contribution is -2.45. The summed E-state index contributed by atoms with van der Waals surface area (Å²) in [6, 6.07) is 4.68. The number of nitrogens with one attached hydrogen (secondary N) is 2. The van der Waals surface area contributed by atoms with E-state index in [-0.39, 0.29) is 16.0 Å². The summed E-state index contributed by atoms with van der Waals surface area (Å²) >= 11 is 9.22. The molecule has 1 aromatic carbocycles. The molecule has 0 saturated carbocycles. The molecule has 0 radical (unpaired) electrons. The summed E-state index contributed by atoms with van der Waals surface area (Å²) < 4.78 is 27.8. The molecule has 1 fully saturated rings. The summed E-state index contributed by atoms with van der Waals surface area (Å²) in [4.78, 5) is 0.123. The van der Waals surface area contributed by atoms with Gasteiger partial charge in [-0.3, -0.25) is 0 Å². The van der Waals surface area contributed by atoms with Crippen molar-refractivity contribution in [1.29, 1.82) is 0 Å². The predicted molar refractivity (Wildman–Crippen MR) is 75.4 cm³/mol. The van der Waals surface area contributed by atoms with Crippen molar-refractivity contribution in [3.8, 4) is 0 Å². The second kappa shape index (κ2) is 5.88. The molecule has 18 heavy (non-hydrogen) atoms. The minimum atomic E-state index is -3.55. The molecule has 0 spiro atoms. The van der Waals surface area contributed by atoms with E-state index in [4.69, 9.17) is 11.6 Å². The molecule has 0 bridgehead atoms. The van der Waals surface area contributed by atoms with Crippen molar-refractivity contribution in [1.82, 2.24) is 10.0 Å². The van der Waals surface area contributed by atoms with Gasteiger partial charge in [-0.05, 0) is 37.6 Å². The maximum Gasteiger partial charge on any atom is 0.242 e. The Balaban J connectivity index is 2.19. The molecular formula is C11H14BrClN2O2S. The highest BCUT2D eigenvalue weighted by molar-refractivity contribution is 9.10. The number of sulfonamides is 1. The molecule has 1 atom stereocenters. The Morgan fingerprint density at radius 3 is 2.83 bits per heavy atom. The zero-order valence-electron chi connectivity index (χ0n) is 9.62. The van der Waals surface area contributed by atoms with E-state index in [2.05, 4.69) is 26.0 Å². The van der Waals surface area contributed by atoms with Gasteiger partial charge in [0, 0.05) is 17.1 Å². The van der Waals surface area contributed by atoms with E-state index < -0.39 is 10.0 Å². The minimum absolute atomic E-state index is 0.0662. The van der Waals surface area contributed by atoms with Gasteiger partial charge < -0.3 is 5.32 Å². The van der Waals surface area contributed by atoms with Crippen LogP contribution in [0.3, 0.4) is 0 Å². The Bertz CT molecular complexity index is 530. The topological polar surface area (TPSA) is 58.2 Å². The molecule has 2 N–H and O–H groups in total. The minimum Gasteiger partial charge on any atom is -0.315 e. The molecule has 1 aliphatic rings. The SMILES string of the molecule is O=S(=O)(N[C@@H]1CCCNC1)c1ccc(Br)cc1Cl. The zero-order valence-corrected chi connectivity index (χ0v) is 12.8. The molecule has 1 aliphatic heterocycles. The summed E-state index contributed by atoms with van der Waals surface area (Å²) in [6.45, 7) is 1.60. The van der Waals surface area contributed by atoms with Crippen molar-refractivity contribution in [3.05, 3.63) is 27.7 Å². The van der Waals surface area contributed by atoms with Gasteiger partial charge >= 0.3 is 0 Å². The van der Waals surface area contributed by atoms with Crippen LogP contribution in [0.1, 0.15) is 12.8 Å². The lowest BCUT2D eigenvalue weighted by Gasteiger charge is -2.23. The van der Waals surface area contributed by atoms with E-state index in [1.165, 1.54) is 6.07 Å². The van der Waals surface area contributed by atoms with Crippen LogP contribution in [0.2, 0.25) is 5.02 Å². The Morgan fingerprint density at radius 1 is 1.44 bits per heavy atom. The molecule has 0 aliphatic carbocycles. The van der Waals surface area contributed by atoms with Crippen LogP contribution >= 0.6 is 27.5 Å². The van der Waals surface area contributed by atoms with E-state index in [9.17, 15) is 8.42 Å². The first kappa shape index (κ1) is 14.3. The number of halogens is 2. The fourth-order valence-electron chi connectivity index (χ4n) is 1.93. The third kappa shape index (κ3) is 3.45. The Labute approximate surface area is 120 Å². The lowest BCUT2D eigenvalue weighted by atomic mass is 10.1. The van der Waals surface area contributed by atoms with Gasteiger partial charge in [0.2, 0.25) is 10.0 Å². The van der Waals surface area contributed by atoms with E-state index in [1.807, 2.05) is 0 Å². The van der Waals surface area contributed by atoms with E-state index in [0.29, 0.717) is 6.54 Å². The second-order valence-electron chi connectivity index (χ2n) is 4.24. The predicted octanol–water partition coefficient (Wildman–Crippen LogP) is 2.13. The molecule has 2 rings (SSSR count). The second-order valence-corrected chi connectivity index (χ2v) is 7.24. The van der Waals surface area contributed by atoms with Crippen molar-refractivity contribution in [2.45, 2.75) is 23.8 Å². The molecule has 4 nitrogen and oxygen atoms in total. The van der Waals surface area contributed by atoms with Gasteiger partial charge in [0.25, 0.3) is 0 Å². The van der Waals surface area contributed by atoms with Crippen LogP contribution in [0.15, 0.2) is 27.6 Å². The number of rotatable bonds is 3. The average molecular weight is 354 g/mol. The molecule has 0 aromatic heterocycles. The summed E-state index contributed by atoms with van der Waals surface area (Å²) in [6.07, 6.45) is 1.82. The first-order valence-electron chi connectivity index (χ1n) is 5.67. The van der Waals surface area contributed by atoms with Crippen molar-refractivity contribution < 1.29 is 8.42 Å². The Morgan fingerprint density at radius 2 is 2.22 bits per heavy atom. The molecule has 100 valence electrons. The summed E-state index contributed by atoms with van der Waals surface area (Å²) in [5, 5.41) is 3.39. The number of hydrogen-bond donors (Lipinski definition) is 2. The normalized spacial score (nSPS) is 20.9. The molecule has 1 heterocycles. The van der Waals surface area contributed by atoms with Crippen molar-refractivity contribution in [3.63, 3.8) is 0 Å². The highest BCUT2D eigenvalue weighted by atomic mass is 79.9. The summed E-state index contributed by atoms with van der Waals surface area (Å²) in [7, 11) is -3.55. The maximum atomic E-state index is 12.2. The highest BCUT2D eigenvalue weighted by Crippen LogP contribution is 2.25. The quantitative estimate of drug-likeness (QED) is 0.875. The fraction of sp³-hybridized carbons (Fsp3) is 0.455. The number of benzene rings is 1. The molecule has 1 aromatic rings. The van der Waals surface area contributed by atoms with Crippen molar-refractivity contribution in [2.75, 3.05) is 13.1 Å². The van der Waals surface area contributed by atoms with E-state index in [0.717, 1.165) is 23.9 Å². The number of piperidine rings is 1. The van der Waals surface area contributed by atoms with Crippen LogP contribution in [0.5, 0.6) is 0 Å². The monoisotopic (exact) mass is 352 g/mol. The maximum absolute atomic E-state index is 12.2. The standard InChI is InChI=1S/C11H14BrClN2O2S/c12-8-3-4-11(10(13)6-8)18(16,17)15-9-2-1-5-14-7-9/h3-4,6,9,14-15H,1-2,5,7H2/t9-/m1/s1. The van der Waals surface area contributed by atoms with Crippen LogP contribution in [0.25, 0.3) is 0 Å². The Kier molecular flexibility index (Phi) is 4.66. The van der Waals surface area contributed by atoms with Crippen LogP contribution in [-0.2, 0) is 10.0 Å². The lowest BCUT2D eigenvalue weighted by molar-refractivity contribution is 0.428. The molecular weight excluding hydrogens is 340 g/mol. The third-order valence-electron chi connectivity index (χ3n) is 2.80. The van der Waals surface area contributed by atoms with Crippen molar-refractivity contribution in [2.24, 2.45) is 0 Å². The summed E-state index contributed by atoms with van der Waals surface area (Å²) in [5.74, 6) is 0. The van der Waals surface area contributed by atoms with E-state index >= 15 is 0 Å². The first-order chi connectivity index (χ1) is 8.49. The van der Waals surface area contributed by atoms with Gasteiger partial charge in [-0.15, -0.1) is 0 Å². The van der Waals surface area contributed by atoms with Gasteiger partial charge in [-0.25, -0.2) is 13.1 Å². The zero-order chi connectivity index (χ0) is 13.2. The summed E-state index contributed by atoms with van der Waals surface area (Å²) in [5.41, 5.74) is 0. The third-order valence-corrected chi connectivity index (χ3v) is 5.30. The first-order valence-corrected chi connectivity index (χ1v) is 8.32. The smallest absolute Gasteiger partial charge is 0.242 e. The van der Waals surface area contributed by atoms with Crippen LogP contribution in [0.4, 0.5) is 0 Å². The molecule has 7 heteroatoms. The van der Waals surface area contributed by atoms with Gasteiger partial charge in [0.15, 0.2) is 0 Å². The molecule has 1 saturated heterocycles. The van der Waals surface area contributed by atoms with Crippen LogP contribution in [0, 0.1) is 0 Å². The van der Waals surface area contributed by atoms with Crippen LogP contribution in [-0.4, -0.2) is 27.5 Å². The van der Waals surface area contributed by atoms with Gasteiger partial charge in [-0.1, -0.05) is 27.5 Å². The molecule has 0 amide bonds. The largest absolute Gasteiger partial charge is 0.315 e. The van der Waals surface area contributed by atoms with Crippen molar-refractivity contribution >= 4 is 37.6 Å². The van der Waals surface area contributed by atoms with Gasteiger partial charge in [0.05, 0.1) is 5.02 Å². The van der Waals surface area contributed by atoms with Gasteiger partial charge in [-0.2, -0.15) is 0 Å². The van der Waals surface area contributed by atoms with Gasteiger partial charge in [0.1, 0.15) is 4.90 Å². The average Bonchev–Trinajstić information content (AvgIpc) is 2.29. The van der Waals surface area contributed by atoms with Crippen LogP contribution < -0.4 is 10.0 Å². The fourth-order valence-corrected chi connectivity index (χ4v) is 4.24. The number of hydrogen-bond acceptors (Lipinski definition) is 3. The Hall–Kier alpha value is -0.140. The highest BCUT2D eigenvalue weighted by Gasteiger charge is 2.23.